The predicted octanol–water partition coefficient (Wildman–Crippen LogP) is -2.19. The number of amides is 7. The van der Waals surface area contributed by atoms with E-state index in [1.807, 2.05) is 18.2 Å². The Balaban J connectivity index is 3.07. The Labute approximate surface area is 256 Å². The highest BCUT2D eigenvalue weighted by Crippen LogP contribution is 2.03. The van der Waals surface area contributed by atoms with Crippen molar-refractivity contribution in [1.82, 2.24) is 36.4 Å². The van der Waals surface area contributed by atoms with Gasteiger partial charge in [-0.05, 0) is 5.56 Å². The summed E-state index contributed by atoms with van der Waals surface area (Å²) >= 11 is 0. The van der Waals surface area contributed by atoms with Crippen molar-refractivity contribution < 1.29 is 38.3 Å². The summed E-state index contributed by atoms with van der Waals surface area (Å²) in [5.74, 6) is -2.91. The molecule has 0 aliphatic carbocycles. The fourth-order valence-corrected chi connectivity index (χ4v) is 3.95. The van der Waals surface area contributed by atoms with Crippen LogP contribution >= 0.6 is 0 Å². The van der Waals surface area contributed by atoms with Crippen LogP contribution < -0.4 is 32.3 Å². The standard InChI is InChI=1S/C28H44N8O8/c1-19(37)31-16-24(33-21(3)39)26(41)35(12-10-29)14-15-36(27(42)25(34-22(4)40)17-32-20(2)38)13-11-30-28(43)44-18-23-8-6-5-7-9-23/h5-9,24-25H,10-18,29H2,1-4H3,(H,30,43)(H,31,37)(H,32,38)(H,33,39)(H,34,40). The van der Waals surface area contributed by atoms with E-state index in [0.29, 0.717) is 0 Å². The molecule has 0 spiro atoms. The van der Waals surface area contributed by atoms with Crippen LogP contribution in [0.1, 0.15) is 33.3 Å². The molecule has 1 rings (SSSR count). The lowest BCUT2D eigenvalue weighted by Gasteiger charge is -2.32. The summed E-state index contributed by atoms with van der Waals surface area (Å²) in [6, 6.07) is 6.83. The van der Waals surface area contributed by atoms with E-state index in [2.05, 4.69) is 26.6 Å². The molecular weight excluding hydrogens is 576 g/mol. The van der Waals surface area contributed by atoms with Gasteiger partial charge in [-0.15, -0.1) is 0 Å². The van der Waals surface area contributed by atoms with Gasteiger partial charge in [0.05, 0.1) is 0 Å². The van der Waals surface area contributed by atoms with E-state index in [-0.39, 0.29) is 59.0 Å². The van der Waals surface area contributed by atoms with Gasteiger partial charge in [-0.25, -0.2) is 4.79 Å². The summed E-state index contributed by atoms with van der Waals surface area (Å²) in [5.41, 5.74) is 6.52. The molecule has 16 heteroatoms. The Morgan fingerprint density at radius 1 is 0.682 bits per heavy atom. The normalized spacial score (nSPS) is 11.7. The summed E-state index contributed by atoms with van der Waals surface area (Å²) in [4.78, 5) is 88.3. The first-order chi connectivity index (χ1) is 20.8. The fourth-order valence-electron chi connectivity index (χ4n) is 3.95. The fraction of sp³-hybridized carbons (Fsp3) is 0.536. The molecule has 0 fully saturated rings. The third kappa shape index (κ3) is 15.5. The van der Waals surface area contributed by atoms with E-state index in [1.54, 1.807) is 12.1 Å². The molecule has 244 valence electrons. The van der Waals surface area contributed by atoms with E-state index in [1.165, 1.54) is 37.5 Å². The minimum Gasteiger partial charge on any atom is -0.445 e. The molecular formula is C28H44N8O8. The third-order valence-electron chi connectivity index (χ3n) is 5.99. The van der Waals surface area contributed by atoms with Gasteiger partial charge >= 0.3 is 6.09 Å². The molecule has 0 bridgehead atoms. The first kappa shape index (κ1) is 37.3. The van der Waals surface area contributed by atoms with Crippen molar-refractivity contribution in [2.45, 2.75) is 46.4 Å². The van der Waals surface area contributed by atoms with Gasteiger partial charge in [0.2, 0.25) is 35.4 Å². The van der Waals surface area contributed by atoms with Gasteiger partial charge < -0.3 is 46.9 Å². The topological polar surface area (TPSA) is 221 Å². The number of nitrogens with one attached hydrogen (secondary N) is 5. The molecule has 0 aliphatic heterocycles. The summed E-state index contributed by atoms with van der Waals surface area (Å²) in [5, 5.41) is 12.6. The number of hydrogen-bond acceptors (Lipinski definition) is 9. The highest BCUT2D eigenvalue weighted by Gasteiger charge is 2.29. The molecule has 0 heterocycles. The van der Waals surface area contributed by atoms with E-state index in [4.69, 9.17) is 10.5 Å². The minimum absolute atomic E-state index is 0.0336. The molecule has 7 N–H and O–H groups in total. The lowest BCUT2D eigenvalue weighted by molar-refractivity contribution is -0.139. The van der Waals surface area contributed by atoms with Crippen LogP contribution in [0.2, 0.25) is 0 Å². The lowest BCUT2D eigenvalue weighted by atomic mass is 10.2. The van der Waals surface area contributed by atoms with Crippen molar-refractivity contribution >= 4 is 41.5 Å². The number of nitrogens with two attached hydrogens (primary N) is 1. The van der Waals surface area contributed by atoms with Crippen molar-refractivity contribution in [2.75, 3.05) is 52.4 Å². The number of ether oxygens (including phenoxy) is 1. The zero-order chi connectivity index (χ0) is 33.1. The van der Waals surface area contributed by atoms with Crippen molar-refractivity contribution in [3.05, 3.63) is 35.9 Å². The van der Waals surface area contributed by atoms with Gasteiger partial charge in [0.25, 0.3) is 0 Å². The van der Waals surface area contributed by atoms with Crippen molar-refractivity contribution in [3.63, 3.8) is 0 Å². The Hall–Kier alpha value is -4.73. The molecule has 0 saturated carbocycles. The quantitative estimate of drug-likeness (QED) is 0.105. The summed E-state index contributed by atoms with van der Waals surface area (Å²) in [7, 11) is 0. The second-order valence-corrected chi connectivity index (χ2v) is 9.81. The number of hydrogen-bond donors (Lipinski definition) is 6. The first-order valence-corrected chi connectivity index (χ1v) is 14.1. The summed E-state index contributed by atoms with van der Waals surface area (Å²) in [6.45, 7) is 4.65. The van der Waals surface area contributed by atoms with E-state index >= 15 is 0 Å². The average Bonchev–Trinajstić information content (AvgIpc) is 2.96. The van der Waals surface area contributed by atoms with E-state index in [9.17, 15) is 33.6 Å². The second kappa shape index (κ2) is 20.2. The van der Waals surface area contributed by atoms with Gasteiger partial charge in [-0.2, -0.15) is 0 Å². The first-order valence-electron chi connectivity index (χ1n) is 14.1. The van der Waals surface area contributed by atoms with Gasteiger partial charge in [-0.1, -0.05) is 30.3 Å². The molecule has 44 heavy (non-hydrogen) atoms. The molecule has 0 aromatic heterocycles. The number of rotatable bonds is 18. The highest BCUT2D eigenvalue weighted by molar-refractivity contribution is 5.89. The molecule has 1 aromatic rings. The smallest absolute Gasteiger partial charge is 0.407 e. The second-order valence-electron chi connectivity index (χ2n) is 9.81. The maximum atomic E-state index is 13.6. The van der Waals surface area contributed by atoms with Crippen LogP contribution in [0.15, 0.2) is 30.3 Å². The summed E-state index contributed by atoms with van der Waals surface area (Å²) < 4.78 is 5.21. The van der Waals surface area contributed by atoms with E-state index < -0.39 is 53.6 Å². The monoisotopic (exact) mass is 620 g/mol. The molecule has 0 saturated heterocycles. The third-order valence-corrected chi connectivity index (χ3v) is 5.99. The molecule has 16 nitrogen and oxygen atoms in total. The van der Waals surface area contributed by atoms with Crippen LogP contribution in [-0.2, 0) is 40.1 Å². The summed E-state index contributed by atoms with van der Waals surface area (Å²) in [6.07, 6.45) is -0.714. The van der Waals surface area contributed by atoms with Gasteiger partial charge in [-0.3, -0.25) is 28.8 Å². The van der Waals surface area contributed by atoms with Crippen LogP contribution in [0.3, 0.4) is 0 Å². The zero-order valence-corrected chi connectivity index (χ0v) is 25.6. The van der Waals surface area contributed by atoms with Gasteiger partial charge in [0.15, 0.2) is 0 Å². The molecule has 7 amide bonds. The van der Waals surface area contributed by atoms with Crippen molar-refractivity contribution in [3.8, 4) is 0 Å². The van der Waals surface area contributed by atoms with Gasteiger partial charge in [0, 0.05) is 80.1 Å². The SMILES string of the molecule is CC(=O)NCC(NC(C)=O)C(=O)N(CCN)CCN(CCNC(=O)OCc1ccccc1)C(=O)C(CNC(C)=O)NC(C)=O. The number of benzene rings is 1. The number of carbonyl (C=O) groups is 7. The van der Waals surface area contributed by atoms with Crippen LogP contribution in [0, 0.1) is 0 Å². The van der Waals surface area contributed by atoms with Gasteiger partial charge in [0.1, 0.15) is 18.7 Å². The van der Waals surface area contributed by atoms with E-state index in [0.717, 1.165) is 5.56 Å². The maximum absolute atomic E-state index is 13.6. The largest absolute Gasteiger partial charge is 0.445 e. The predicted molar refractivity (Wildman–Crippen MR) is 159 cm³/mol. The molecule has 2 unspecified atom stereocenters. The van der Waals surface area contributed by atoms with Crippen LogP contribution in [-0.4, -0.2) is 116 Å². The van der Waals surface area contributed by atoms with Crippen LogP contribution in [0.5, 0.6) is 0 Å². The molecule has 2 atom stereocenters. The number of alkyl carbamates (subject to hydrolysis) is 1. The van der Waals surface area contributed by atoms with Crippen LogP contribution in [0.25, 0.3) is 0 Å². The maximum Gasteiger partial charge on any atom is 0.407 e. The van der Waals surface area contributed by atoms with Crippen molar-refractivity contribution in [1.29, 1.82) is 0 Å². The highest BCUT2D eigenvalue weighted by atomic mass is 16.5. The lowest BCUT2D eigenvalue weighted by Crippen LogP contribution is -2.57. The van der Waals surface area contributed by atoms with Crippen LogP contribution in [0.4, 0.5) is 4.79 Å². The Bertz CT molecular complexity index is 1130. The average molecular weight is 621 g/mol. The number of nitrogens with zero attached hydrogens (tertiary/aromatic N) is 2. The Kier molecular flexibility index (Phi) is 17.1. The molecule has 1 aromatic carbocycles. The zero-order valence-electron chi connectivity index (χ0n) is 25.6. The molecule has 0 radical (unpaired) electrons. The van der Waals surface area contributed by atoms with Crippen molar-refractivity contribution in [2.24, 2.45) is 5.73 Å². The molecule has 0 aliphatic rings. The Morgan fingerprint density at radius 3 is 1.59 bits per heavy atom. The minimum atomic E-state index is -1.13. The number of carbonyl (C=O) groups excluding carboxylic acids is 7. The Morgan fingerprint density at radius 2 is 1.16 bits per heavy atom.